The molecule has 0 bridgehead atoms. The second-order valence-electron chi connectivity index (χ2n) is 6.51. The molecule has 0 fully saturated rings. The van der Waals surface area contributed by atoms with E-state index in [1.54, 1.807) is 18.2 Å². The summed E-state index contributed by atoms with van der Waals surface area (Å²) in [5, 5.41) is 20.3. The Hall–Kier alpha value is -3.67. The van der Waals surface area contributed by atoms with Gasteiger partial charge >= 0.3 is 10.1 Å². The molecule has 0 atom stereocenters. The average Bonchev–Trinajstić information content (AvgIpc) is 2.74. The van der Waals surface area contributed by atoms with Gasteiger partial charge in [0.05, 0.1) is 21.6 Å². The van der Waals surface area contributed by atoms with E-state index in [9.17, 15) is 23.8 Å². The van der Waals surface area contributed by atoms with E-state index in [1.165, 1.54) is 54.6 Å². The highest BCUT2D eigenvalue weighted by Crippen LogP contribution is 2.30. The Balaban J connectivity index is 1.86. The van der Waals surface area contributed by atoms with E-state index in [0.717, 1.165) is 5.56 Å². The van der Waals surface area contributed by atoms with Gasteiger partial charge in [-0.1, -0.05) is 35.4 Å². The van der Waals surface area contributed by atoms with Gasteiger partial charge in [0, 0.05) is 12.1 Å². The van der Waals surface area contributed by atoms with Crippen molar-refractivity contribution >= 4 is 39.1 Å². The van der Waals surface area contributed by atoms with Crippen LogP contribution in [0.2, 0.25) is 5.02 Å². The van der Waals surface area contributed by atoms with Gasteiger partial charge in [-0.05, 0) is 60.5 Å². The van der Waals surface area contributed by atoms with E-state index < -0.39 is 15.0 Å². The largest absolute Gasteiger partial charge is 0.377 e. The van der Waals surface area contributed by atoms with Gasteiger partial charge in [-0.25, -0.2) is 0 Å². The molecule has 0 aliphatic carbocycles. The van der Waals surface area contributed by atoms with Crippen LogP contribution < -0.4 is 4.18 Å². The standard InChI is InChI=1S/C22H15ClN2O5S/c1-15-2-9-20(10-3-15)31(28,29)30-22-11-4-16(13-21(22)23)12-18(14-24)17-5-7-19(8-6-17)25(26)27/h2-13H,1H3/b18-12+. The van der Waals surface area contributed by atoms with E-state index in [0.29, 0.717) is 11.1 Å². The Morgan fingerprint density at radius 1 is 1.10 bits per heavy atom. The van der Waals surface area contributed by atoms with E-state index in [2.05, 4.69) is 0 Å². The molecule has 0 saturated carbocycles. The van der Waals surface area contributed by atoms with E-state index in [1.807, 2.05) is 13.0 Å². The van der Waals surface area contributed by atoms with E-state index in [-0.39, 0.29) is 26.9 Å². The molecular formula is C22H15ClN2O5S. The Morgan fingerprint density at radius 3 is 2.29 bits per heavy atom. The third-order valence-corrected chi connectivity index (χ3v) is 5.83. The highest BCUT2D eigenvalue weighted by atomic mass is 35.5. The second-order valence-corrected chi connectivity index (χ2v) is 8.47. The number of hydrogen-bond acceptors (Lipinski definition) is 6. The third kappa shape index (κ3) is 5.28. The third-order valence-electron chi connectivity index (χ3n) is 4.29. The second kappa shape index (κ2) is 9.00. The molecule has 0 unspecified atom stereocenters. The van der Waals surface area contributed by atoms with Crippen LogP contribution in [0.5, 0.6) is 5.75 Å². The van der Waals surface area contributed by atoms with Crippen LogP contribution in [0.1, 0.15) is 16.7 Å². The number of rotatable bonds is 6. The number of allylic oxidation sites excluding steroid dienone is 1. The predicted octanol–water partition coefficient (Wildman–Crippen LogP) is 5.39. The number of nitrogens with zero attached hydrogens (tertiary/aromatic N) is 2. The molecule has 0 N–H and O–H groups in total. The zero-order valence-electron chi connectivity index (χ0n) is 16.2. The predicted molar refractivity (Wildman–Crippen MR) is 117 cm³/mol. The fourth-order valence-corrected chi connectivity index (χ4v) is 3.88. The van der Waals surface area contributed by atoms with Gasteiger partial charge in [-0.15, -0.1) is 0 Å². The molecule has 3 rings (SSSR count). The molecule has 0 spiro atoms. The molecule has 156 valence electrons. The maximum Gasteiger partial charge on any atom is 0.339 e. The van der Waals surface area contributed by atoms with Gasteiger partial charge in [0.2, 0.25) is 0 Å². The van der Waals surface area contributed by atoms with Crippen LogP contribution in [0, 0.1) is 28.4 Å². The summed E-state index contributed by atoms with van der Waals surface area (Å²) in [4.78, 5) is 10.3. The lowest BCUT2D eigenvalue weighted by Crippen LogP contribution is -2.10. The average molecular weight is 455 g/mol. The van der Waals surface area contributed by atoms with E-state index in [4.69, 9.17) is 15.8 Å². The van der Waals surface area contributed by atoms with Crippen molar-refractivity contribution in [1.82, 2.24) is 0 Å². The molecule has 0 aliphatic rings. The molecule has 3 aromatic carbocycles. The van der Waals surface area contributed by atoms with Crippen molar-refractivity contribution < 1.29 is 17.5 Å². The Labute approximate surface area is 184 Å². The quantitative estimate of drug-likeness (QED) is 0.162. The van der Waals surface area contributed by atoms with Gasteiger partial charge in [0.25, 0.3) is 5.69 Å². The summed E-state index contributed by atoms with van der Waals surface area (Å²) in [5.41, 5.74) is 2.10. The maximum absolute atomic E-state index is 12.5. The number of halogens is 1. The number of aryl methyl sites for hydroxylation is 1. The topological polar surface area (TPSA) is 110 Å². The molecule has 31 heavy (non-hydrogen) atoms. The molecule has 7 nitrogen and oxygen atoms in total. The van der Waals surface area contributed by atoms with Gasteiger partial charge in [0.15, 0.2) is 5.75 Å². The van der Waals surface area contributed by atoms with Crippen molar-refractivity contribution in [3.63, 3.8) is 0 Å². The van der Waals surface area contributed by atoms with Crippen LogP contribution in [0.4, 0.5) is 5.69 Å². The van der Waals surface area contributed by atoms with Crippen molar-refractivity contribution in [3.05, 3.63) is 98.6 Å². The Bertz CT molecular complexity index is 1310. The van der Waals surface area contributed by atoms with Gasteiger partial charge in [-0.3, -0.25) is 10.1 Å². The van der Waals surface area contributed by atoms with Crippen molar-refractivity contribution in [2.24, 2.45) is 0 Å². The van der Waals surface area contributed by atoms with Crippen molar-refractivity contribution in [2.45, 2.75) is 11.8 Å². The van der Waals surface area contributed by atoms with Crippen LogP contribution in [-0.4, -0.2) is 13.3 Å². The van der Waals surface area contributed by atoms with Gasteiger partial charge in [-0.2, -0.15) is 13.7 Å². The summed E-state index contributed by atoms with van der Waals surface area (Å²) in [5.74, 6) is -0.0479. The highest BCUT2D eigenvalue weighted by molar-refractivity contribution is 7.87. The van der Waals surface area contributed by atoms with Crippen molar-refractivity contribution in [3.8, 4) is 11.8 Å². The maximum atomic E-state index is 12.5. The first-order valence-corrected chi connectivity index (χ1v) is 10.7. The van der Waals surface area contributed by atoms with Crippen LogP contribution >= 0.6 is 11.6 Å². The highest BCUT2D eigenvalue weighted by Gasteiger charge is 2.18. The van der Waals surface area contributed by atoms with Crippen LogP contribution in [0.25, 0.3) is 11.6 Å². The minimum atomic E-state index is -4.05. The fourth-order valence-electron chi connectivity index (χ4n) is 2.66. The number of nitro groups is 1. The van der Waals surface area contributed by atoms with Crippen molar-refractivity contribution in [1.29, 1.82) is 5.26 Å². The van der Waals surface area contributed by atoms with Crippen LogP contribution in [0.3, 0.4) is 0 Å². The molecule has 3 aromatic rings. The molecule has 0 heterocycles. The number of hydrogen-bond donors (Lipinski definition) is 0. The Morgan fingerprint density at radius 2 is 1.74 bits per heavy atom. The first kappa shape index (κ1) is 22.0. The normalized spacial score (nSPS) is 11.6. The number of nitro benzene ring substituents is 1. The molecular weight excluding hydrogens is 440 g/mol. The zero-order valence-corrected chi connectivity index (χ0v) is 17.7. The lowest BCUT2D eigenvalue weighted by Gasteiger charge is -2.09. The van der Waals surface area contributed by atoms with E-state index >= 15 is 0 Å². The first-order chi connectivity index (χ1) is 14.7. The zero-order chi connectivity index (χ0) is 22.6. The first-order valence-electron chi connectivity index (χ1n) is 8.87. The number of nitriles is 1. The van der Waals surface area contributed by atoms with Gasteiger partial charge < -0.3 is 4.18 Å². The SMILES string of the molecule is Cc1ccc(S(=O)(=O)Oc2ccc(/C=C(\C#N)c3ccc([N+](=O)[O-])cc3)cc2Cl)cc1. The summed E-state index contributed by atoms with van der Waals surface area (Å²) in [7, 11) is -4.05. The molecule has 0 amide bonds. The number of non-ortho nitro benzene ring substituents is 1. The summed E-state index contributed by atoms with van der Waals surface area (Å²) < 4.78 is 30.1. The van der Waals surface area contributed by atoms with Crippen LogP contribution in [0.15, 0.2) is 71.6 Å². The summed E-state index contributed by atoms with van der Waals surface area (Å²) in [6, 6.07) is 18.2. The number of benzene rings is 3. The van der Waals surface area contributed by atoms with Crippen LogP contribution in [-0.2, 0) is 10.1 Å². The lowest BCUT2D eigenvalue weighted by atomic mass is 10.0. The minimum absolute atomic E-state index is 0.00285. The molecule has 0 saturated heterocycles. The minimum Gasteiger partial charge on any atom is -0.377 e. The molecule has 0 aliphatic heterocycles. The monoisotopic (exact) mass is 454 g/mol. The summed E-state index contributed by atoms with van der Waals surface area (Å²) >= 11 is 6.20. The van der Waals surface area contributed by atoms with Crippen molar-refractivity contribution in [2.75, 3.05) is 0 Å². The fraction of sp³-hybridized carbons (Fsp3) is 0.0455. The molecule has 0 aromatic heterocycles. The molecule has 0 radical (unpaired) electrons. The molecule has 9 heteroatoms. The van der Waals surface area contributed by atoms with Gasteiger partial charge in [0.1, 0.15) is 4.90 Å². The lowest BCUT2D eigenvalue weighted by molar-refractivity contribution is -0.384. The summed E-state index contributed by atoms with van der Waals surface area (Å²) in [6.07, 6.45) is 1.53. The summed E-state index contributed by atoms with van der Waals surface area (Å²) in [6.45, 7) is 1.84. The Kier molecular flexibility index (Phi) is 6.39. The smallest absolute Gasteiger partial charge is 0.339 e.